The zero-order valence-electron chi connectivity index (χ0n) is 25.2. The first-order valence-corrected chi connectivity index (χ1v) is 12.9. The molecule has 0 bridgehead atoms. The molecule has 1 fully saturated rings. The molecule has 3 aromatic heterocycles. The van der Waals surface area contributed by atoms with Gasteiger partial charge in [-0.05, 0) is 43.4 Å². The number of nitriles is 1. The summed E-state index contributed by atoms with van der Waals surface area (Å²) < 4.78 is 68.6. The standard InChI is InChI=1S/C28H28ClF3N8/c1-15-18(5-6-22(30)36-15)25(21-13-40(39-38-21)28(7-8-28)26(31)32)37-17-9-19-23(35-14-27(2,3)4)16(11-33)12-34-24(19)20(29)10-17/h5-6,9-10,12-13,25-26,37H,7-8,14H2,1-4H3,(H,34,35)/i13D,14D2. The van der Waals surface area contributed by atoms with E-state index in [0.717, 1.165) is 10.7 Å². The van der Waals surface area contributed by atoms with Gasteiger partial charge in [-0.2, -0.15) is 9.65 Å². The van der Waals surface area contributed by atoms with Crippen LogP contribution in [0.2, 0.25) is 5.02 Å². The van der Waals surface area contributed by atoms with Crippen LogP contribution in [0, 0.1) is 29.6 Å². The molecule has 0 radical (unpaired) electrons. The average Bonchev–Trinajstić information content (AvgIpc) is 3.64. The number of pyridine rings is 2. The quantitative estimate of drug-likeness (QED) is 0.229. The molecule has 40 heavy (non-hydrogen) atoms. The Morgan fingerprint density at radius 2 is 2.05 bits per heavy atom. The summed E-state index contributed by atoms with van der Waals surface area (Å²) in [6.07, 6.45) is -1.46. The molecule has 0 amide bonds. The second kappa shape index (κ2) is 10.2. The van der Waals surface area contributed by atoms with Crippen LogP contribution in [0.25, 0.3) is 10.9 Å². The van der Waals surface area contributed by atoms with Crippen molar-refractivity contribution in [3.8, 4) is 6.07 Å². The highest BCUT2D eigenvalue weighted by molar-refractivity contribution is 6.35. The predicted molar refractivity (Wildman–Crippen MR) is 147 cm³/mol. The van der Waals surface area contributed by atoms with Crippen LogP contribution in [0.3, 0.4) is 0 Å². The van der Waals surface area contributed by atoms with E-state index in [1.165, 1.54) is 12.3 Å². The first-order chi connectivity index (χ1) is 20.1. The number of fused-ring (bicyclic) bond motifs is 1. The number of aryl methyl sites for hydroxylation is 1. The Hall–Kier alpha value is -3.91. The lowest BCUT2D eigenvalue weighted by molar-refractivity contribution is 0.0593. The van der Waals surface area contributed by atoms with Crippen LogP contribution in [0.15, 0.2) is 36.6 Å². The molecule has 1 saturated carbocycles. The van der Waals surface area contributed by atoms with E-state index in [4.69, 9.17) is 15.7 Å². The van der Waals surface area contributed by atoms with E-state index in [0.29, 0.717) is 22.2 Å². The Labute approximate surface area is 238 Å². The van der Waals surface area contributed by atoms with Crippen molar-refractivity contribution in [2.24, 2.45) is 5.41 Å². The van der Waals surface area contributed by atoms with E-state index in [2.05, 4.69) is 30.9 Å². The second-order valence-electron chi connectivity index (χ2n) is 10.8. The highest BCUT2D eigenvalue weighted by Crippen LogP contribution is 2.48. The van der Waals surface area contributed by atoms with Gasteiger partial charge in [-0.25, -0.2) is 18.4 Å². The minimum atomic E-state index is -2.74. The number of aromatic nitrogens is 5. The molecular weight excluding hydrogens is 541 g/mol. The molecule has 2 N–H and O–H groups in total. The molecule has 0 aliphatic heterocycles. The molecule has 1 aliphatic carbocycles. The Kier molecular flexibility index (Phi) is 6.13. The summed E-state index contributed by atoms with van der Waals surface area (Å²) in [6, 6.07) is 6.78. The zero-order chi connectivity index (χ0) is 31.5. The van der Waals surface area contributed by atoms with E-state index in [1.807, 2.05) is 6.07 Å². The van der Waals surface area contributed by atoms with E-state index in [1.54, 1.807) is 39.8 Å². The third-order valence-electron chi connectivity index (χ3n) is 6.65. The summed E-state index contributed by atoms with van der Waals surface area (Å²) in [6.45, 7) is 4.75. The molecule has 1 unspecified atom stereocenters. The number of hydrogen-bond acceptors (Lipinski definition) is 7. The SMILES string of the molecule is [2H]c1c(C(Nc2cc(Cl)c3ncc(C#N)c(NC([2H])([2H])C(C)(C)C)c3c2)c2ccc(F)nc2C)nnn1C1(C(F)F)CC1. The maximum Gasteiger partial charge on any atom is 0.263 e. The van der Waals surface area contributed by atoms with Crippen molar-refractivity contribution in [2.75, 3.05) is 17.1 Å². The number of nitrogens with one attached hydrogen (secondary N) is 2. The Balaban J connectivity index is 1.66. The van der Waals surface area contributed by atoms with Gasteiger partial charge >= 0.3 is 0 Å². The van der Waals surface area contributed by atoms with Crippen LogP contribution in [-0.2, 0) is 5.54 Å². The maximum absolute atomic E-state index is 14.0. The molecule has 0 saturated heterocycles. The first-order valence-electron chi connectivity index (χ1n) is 14.0. The third kappa shape index (κ3) is 5.28. The summed E-state index contributed by atoms with van der Waals surface area (Å²) in [7, 11) is 0. The van der Waals surface area contributed by atoms with E-state index >= 15 is 0 Å². The number of nitrogens with zero attached hydrogens (tertiary/aromatic N) is 6. The van der Waals surface area contributed by atoms with Gasteiger partial charge in [0.05, 0.1) is 35.4 Å². The summed E-state index contributed by atoms with van der Waals surface area (Å²) in [5.41, 5.74) is -0.876. The highest BCUT2D eigenvalue weighted by atomic mass is 35.5. The molecule has 208 valence electrons. The fraction of sp³-hybridized carbons (Fsp3) is 0.393. The number of alkyl halides is 2. The van der Waals surface area contributed by atoms with Crippen molar-refractivity contribution in [1.29, 1.82) is 5.26 Å². The number of anilines is 2. The van der Waals surface area contributed by atoms with E-state index < -0.39 is 35.9 Å². The minimum absolute atomic E-state index is 0.00553. The smallest absolute Gasteiger partial charge is 0.263 e. The largest absolute Gasteiger partial charge is 0.383 e. The monoisotopic (exact) mass is 571 g/mol. The van der Waals surface area contributed by atoms with E-state index in [9.17, 15) is 18.4 Å². The molecule has 8 nitrogen and oxygen atoms in total. The average molecular weight is 572 g/mol. The lowest BCUT2D eigenvalue weighted by Gasteiger charge is -2.23. The van der Waals surface area contributed by atoms with Crippen molar-refractivity contribution in [3.63, 3.8) is 0 Å². The van der Waals surface area contributed by atoms with Gasteiger partial charge in [0, 0.05) is 37.8 Å². The third-order valence-corrected chi connectivity index (χ3v) is 6.94. The van der Waals surface area contributed by atoms with Gasteiger partial charge in [0.1, 0.15) is 17.3 Å². The molecule has 1 atom stereocenters. The van der Waals surface area contributed by atoms with Crippen molar-refractivity contribution >= 4 is 33.9 Å². The van der Waals surface area contributed by atoms with Crippen LogP contribution in [0.1, 0.15) is 66.3 Å². The van der Waals surface area contributed by atoms with Gasteiger partial charge in [-0.15, -0.1) is 5.10 Å². The summed E-state index contributed by atoms with van der Waals surface area (Å²) in [5.74, 6) is -0.725. The topological polar surface area (TPSA) is 104 Å². The van der Waals surface area contributed by atoms with Crippen molar-refractivity contribution < 1.29 is 17.3 Å². The Bertz CT molecular complexity index is 1760. The zero-order valence-corrected chi connectivity index (χ0v) is 22.9. The van der Waals surface area contributed by atoms with Crippen molar-refractivity contribution in [1.82, 2.24) is 25.0 Å². The fourth-order valence-electron chi connectivity index (χ4n) is 4.34. The summed E-state index contributed by atoms with van der Waals surface area (Å²) >= 11 is 6.64. The van der Waals surface area contributed by atoms with Crippen LogP contribution in [0.4, 0.5) is 24.5 Å². The lowest BCUT2D eigenvalue weighted by atomic mass is 9.96. The normalized spacial score (nSPS) is 16.6. The number of halogens is 4. The molecule has 1 aromatic carbocycles. The lowest BCUT2D eigenvalue weighted by Crippen LogP contribution is -2.26. The first kappa shape index (κ1) is 23.9. The Morgan fingerprint density at radius 1 is 1.30 bits per heavy atom. The highest BCUT2D eigenvalue weighted by Gasteiger charge is 2.54. The van der Waals surface area contributed by atoms with Crippen molar-refractivity contribution in [3.05, 3.63) is 70.1 Å². The van der Waals surface area contributed by atoms with Crippen LogP contribution in [-0.4, -0.2) is 37.9 Å². The van der Waals surface area contributed by atoms with Gasteiger partial charge in [0.15, 0.2) is 0 Å². The predicted octanol–water partition coefficient (Wildman–Crippen LogP) is 6.61. The number of hydrogen-bond donors (Lipinski definition) is 2. The molecule has 12 heteroatoms. The van der Waals surface area contributed by atoms with Gasteiger partial charge in [-0.3, -0.25) is 4.98 Å². The van der Waals surface area contributed by atoms with Crippen LogP contribution < -0.4 is 10.6 Å². The maximum atomic E-state index is 14.0. The minimum Gasteiger partial charge on any atom is -0.383 e. The summed E-state index contributed by atoms with van der Waals surface area (Å²) in [4.78, 5) is 8.20. The van der Waals surface area contributed by atoms with Crippen molar-refractivity contribution in [2.45, 2.75) is 58.5 Å². The van der Waals surface area contributed by atoms with Gasteiger partial charge in [0.25, 0.3) is 6.43 Å². The second-order valence-corrected chi connectivity index (χ2v) is 11.2. The Morgan fingerprint density at radius 3 is 2.67 bits per heavy atom. The van der Waals surface area contributed by atoms with Crippen LogP contribution in [0.5, 0.6) is 0 Å². The molecule has 1 aliphatic rings. The van der Waals surface area contributed by atoms with Gasteiger partial charge in [0.2, 0.25) is 5.95 Å². The van der Waals surface area contributed by atoms with E-state index in [-0.39, 0.29) is 46.7 Å². The fourth-order valence-corrected chi connectivity index (χ4v) is 4.61. The summed E-state index contributed by atoms with van der Waals surface area (Å²) in [5, 5.41) is 24.4. The van der Waals surface area contributed by atoms with Crippen LogP contribution >= 0.6 is 11.6 Å². The molecule has 5 rings (SSSR count). The molecule has 4 aromatic rings. The number of benzene rings is 1. The van der Waals surface area contributed by atoms with Gasteiger partial charge < -0.3 is 10.6 Å². The molecule has 0 spiro atoms. The number of rotatable bonds is 8. The molecule has 3 heterocycles. The van der Waals surface area contributed by atoms with Gasteiger partial charge in [-0.1, -0.05) is 43.7 Å². The molecular formula is C28H28ClF3N8.